The molecule has 7 nitrogen and oxygen atoms in total. The topological polar surface area (TPSA) is 93.8 Å². The van der Waals surface area contributed by atoms with Gasteiger partial charge in [-0.3, -0.25) is 10.1 Å². The molecule has 0 atom stereocenters. The summed E-state index contributed by atoms with van der Waals surface area (Å²) in [5, 5.41) is 14.7. The van der Waals surface area contributed by atoms with Gasteiger partial charge in [0.05, 0.1) is 10.3 Å². The molecule has 0 saturated carbocycles. The molecule has 1 aromatic carbocycles. The Hall–Kier alpha value is -2.61. The average molecular weight is 360 g/mol. The van der Waals surface area contributed by atoms with Crippen LogP contribution in [0.5, 0.6) is 0 Å². The highest BCUT2D eigenvalue weighted by atomic mass is 79.9. The zero-order valence-corrected chi connectivity index (χ0v) is 12.8. The summed E-state index contributed by atoms with van der Waals surface area (Å²) in [6.07, 6.45) is 3.10. The van der Waals surface area contributed by atoms with E-state index in [-0.39, 0.29) is 5.69 Å². The first-order chi connectivity index (χ1) is 10.6. The molecule has 3 rings (SSSR count). The van der Waals surface area contributed by atoms with Crippen LogP contribution in [-0.2, 0) is 6.54 Å². The first-order valence-corrected chi connectivity index (χ1v) is 7.16. The molecule has 0 fully saturated rings. The van der Waals surface area contributed by atoms with Crippen LogP contribution in [0.3, 0.4) is 0 Å². The summed E-state index contributed by atoms with van der Waals surface area (Å²) in [4.78, 5) is 22.9. The molecule has 110 valence electrons. The van der Waals surface area contributed by atoms with E-state index in [0.29, 0.717) is 18.0 Å². The van der Waals surface area contributed by atoms with E-state index in [4.69, 9.17) is 0 Å². The molecule has 0 unspecified atom stereocenters. The first kappa shape index (κ1) is 14.3. The van der Waals surface area contributed by atoms with Crippen LogP contribution in [0, 0.1) is 10.1 Å². The van der Waals surface area contributed by atoms with Gasteiger partial charge >= 0.3 is 0 Å². The molecule has 0 bridgehead atoms. The Balaban J connectivity index is 1.86. The van der Waals surface area contributed by atoms with E-state index in [9.17, 15) is 10.1 Å². The third-order valence-corrected chi connectivity index (χ3v) is 3.47. The fourth-order valence-electron chi connectivity index (χ4n) is 2.03. The van der Waals surface area contributed by atoms with Crippen molar-refractivity contribution in [1.82, 2.24) is 15.0 Å². The molecule has 0 spiro atoms. The predicted octanol–water partition coefficient (Wildman–Crippen LogP) is 3.31. The highest BCUT2D eigenvalue weighted by Gasteiger charge is 2.08. The third-order valence-electron chi connectivity index (χ3n) is 3.04. The van der Waals surface area contributed by atoms with Crippen molar-refractivity contribution in [2.24, 2.45) is 0 Å². The van der Waals surface area contributed by atoms with Crippen LogP contribution in [0.2, 0.25) is 0 Å². The molecule has 0 aliphatic carbocycles. The van der Waals surface area contributed by atoms with Crippen molar-refractivity contribution in [3.63, 3.8) is 0 Å². The number of halogens is 1. The Bertz CT molecular complexity index is 856. The number of nitrogens with one attached hydrogen (secondary N) is 1. The second kappa shape index (κ2) is 6.02. The lowest BCUT2D eigenvalue weighted by Crippen LogP contribution is -2.03. The number of non-ortho nitro benzene ring substituents is 1. The standard InChI is InChI=1S/C14H10BrN5O2/c15-10-5-12-13(18-8-19-14(12)17-7-10)16-6-9-2-1-3-11(4-9)20(21)22/h1-5,7-8H,6H2,(H,16,17,18,19). The third kappa shape index (κ3) is 3.01. The van der Waals surface area contributed by atoms with Crippen LogP contribution in [0.25, 0.3) is 11.0 Å². The van der Waals surface area contributed by atoms with Crippen molar-refractivity contribution in [2.45, 2.75) is 6.54 Å². The first-order valence-electron chi connectivity index (χ1n) is 6.37. The van der Waals surface area contributed by atoms with Gasteiger partial charge in [0.15, 0.2) is 5.65 Å². The normalized spacial score (nSPS) is 10.6. The van der Waals surface area contributed by atoms with E-state index in [0.717, 1.165) is 15.4 Å². The lowest BCUT2D eigenvalue weighted by molar-refractivity contribution is -0.384. The molecule has 0 amide bonds. The molecule has 0 aliphatic heterocycles. The zero-order chi connectivity index (χ0) is 15.5. The smallest absolute Gasteiger partial charge is 0.269 e. The van der Waals surface area contributed by atoms with E-state index >= 15 is 0 Å². The maximum Gasteiger partial charge on any atom is 0.269 e. The van der Waals surface area contributed by atoms with Crippen molar-refractivity contribution >= 4 is 38.5 Å². The number of rotatable bonds is 4. The summed E-state index contributed by atoms with van der Waals surface area (Å²) in [6, 6.07) is 8.34. The van der Waals surface area contributed by atoms with Gasteiger partial charge in [-0.15, -0.1) is 0 Å². The van der Waals surface area contributed by atoms with Gasteiger partial charge in [0.2, 0.25) is 0 Å². The van der Waals surface area contributed by atoms with Gasteiger partial charge in [0.25, 0.3) is 5.69 Å². The fourth-order valence-corrected chi connectivity index (χ4v) is 2.36. The Morgan fingerprint density at radius 3 is 2.91 bits per heavy atom. The van der Waals surface area contributed by atoms with Crippen LogP contribution < -0.4 is 5.32 Å². The minimum absolute atomic E-state index is 0.0660. The minimum Gasteiger partial charge on any atom is -0.365 e. The SMILES string of the molecule is O=[N+]([O-])c1cccc(CNc2ncnc3ncc(Br)cc23)c1. The lowest BCUT2D eigenvalue weighted by Gasteiger charge is -2.08. The number of hydrogen-bond donors (Lipinski definition) is 1. The molecule has 2 aromatic heterocycles. The Morgan fingerprint density at radius 1 is 1.23 bits per heavy atom. The number of hydrogen-bond acceptors (Lipinski definition) is 6. The van der Waals surface area contributed by atoms with Crippen molar-refractivity contribution in [3.05, 3.63) is 63.0 Å². The van der Waals surface area contributed by atoms with Crippen LogP contribution in [0.4, 0.5) is 11.5 Å². The highest BCUT2D eigenvalue weighted by molar-refractivity contribution is 9.10. The Labute approximate surface area is 133 Å². The summed E-state index contributed by atoms with van der Waals surface area (Å²) in [5.74, 6) is 0.630. The maximum absolute atomic E-state index is 10.8. The summed E-state index contributed by atoms with van der Waals surface area (Å²) >= 11 is 3.37. The average Bonchev–Trinajstić information content (AvgIpc) is 2.53. The Morgan fingerprint density at radius 2 is 2.09 bits per heavy atom. The monoisotopic (exact) mass is 359 g/mol. The number of anilines is 1. The molecular weight excluding hydrogens is 350 g/mol. The largest absolute Gasteiger partial charge is 0.365 e. The van der Waals surface area contributed by atoms with Crippen molar-refractivity contribution in [2.75, 3.05) is 5.32 Å². The van der Waals surface area contributed by atoms with E-state index in [1.165, 1.54) is 18.5 Å². The maximum atomic E-state index is 10.8. The second-order valence-corrected chi connectivity index (χ2v) is 5.44. The molecule has 1 N–H and O–H groups in total. The van der Waals surface area contributed by atoms with Gasteiger partial charge in [-0.05, 0) is 27.6 Å². The Kier molecular flexibility index (Phi) is 3.92. The lowest BCUT2D eigenvalue weighted by atomic mass is 10.2. The summed E-state index contributed by atoms with van der Waals surface area (Å²) < 4.78 is 0.827. The highest BCUT2D eigenvalue weighted by Crippen LogP contribution is 2.22. The molecule has 0 radical (unpaired) electrons. The van der Waals surface area contributed by atoms with Gasteiger partial charge in [0.1, 0.15) is 12.1 Å². The molecule has 0 aliphatic rings. The van der Waals surface area contributed by atoms with Crippen LogP contribution in [0.15, 0.2) is 47.3 Å². The minimum atomic E-state index is -0.412. The zero-order valence-electron chi connectivity index (χ0n) is 11.2. The molecule has 22 heavy (non-hydrogen) atoms. The van der Waals surface area contributed by atoms with Crippen LogP contribution in [-0.4, -0.2) is 19.9 Å². The molecular formula is C14H10BrN5O2. The van der Waals surface area contributed by atoms with Crippen molar-refractivity contribution < 1.29 is 4.92 Å². The molecule has 0 saturated heterocycles. The van der Waals surface area contributed by atoms with Crippen LogP contribution >= 0.6 is 15.9 Å². The quantitative estimate of drug-likeness (QED) is 0.567. The summed E-state index contributed by atoms with van der Waals surface area (Å²) in [7, 11) is 0. The summed E-state index contributed by atoms with van der Waals surface area (Å²) in [5.41, 5.74) is 1.44. The van der Waals surface area contributed by atoms with E-state index < -0.39 is 4.92 Å². The number of nitro groups is 1. The van der Waals surface area contributed by atoms with Gasteiger partial charge in [-0.25, -0.2) is 15.0 Å². The molecule has 8 heteroatoms. The van der Waals surface area contributed by atoms with Crippen molar-refractivity contribution in [1.29, 1.82) is 0 Å². The van der Waals surface area contributed by atoms with Gasteiger partial charge in [-0.1, -0.05) is 12.1 Å². The fraction of sp³-hybridized carbons (Fsp3) is 0.0714. The van der Waals surface area contributed by atoms with Gasteiger partial charge in [0, 0.05) is 29.3 Å². The predicted molar refractivity (Wildman–Crippen MR) is 85.5 cm³/mol. The summed E-state index contributed by atoms with van der Waals surface area (Å²) in [6.45, 7) is 0.417. The second-order valence-electron chi connectivity index (χ2n) is 4.53. The number of aromatic nitrogens is 3. The molecule has 3 aromatic rings. The number of pyridine rings is 1. The van der Waals surface area contributed by atoms with Gasteiger partial charge < -0.3 is 5.32 Å². The van der Waals surface area contributed by atoms with Crippen molar-refractivity contribution in [3.8, 4) is 0 Å². The van der Waals surface area contributed by atoms with E-state index in [1.807, 2.05) is 12.1 Å². The number of nitrogens with zero attached hydrogens (tertiary/aromatic N) is 4. The van der Waals surface area contributed by atoms with Crippen LogP contribution in [0.1, 0.15) is 5.56 Å². The van der Waals surface area contributed by atoms with Gasteiger partial charge in [-0.2, -0.15) is 0 Å². The molecule has 2 heterocycles. The van der Waals surface area contributed by atoms with E-state index in [1.54, 1.807) is 12.3 Å². The number of benzene rings is 1. The number of nitro benzene ring substituents is 1. The van der Waals surface area contributed by atoms with E-state index in [2.05, 4.69) is 36.2 Å². The number of fused-ring (bicyclic) bond motifs is 1.